The van der Waals surface area contributed by atoms with Crippen LogP contribution < -0.4 is 10.6 Å². The van der Waals surface area contributed by atoms with Gasteiger partial charge in [0.25, 0.3) is 0 Å². The van der Waals surface area contributed by atoms with Gasteiger partial charge in [-0.2, -0.15) is 0 Å². The molecule has 2 heterocycles. The number of nitrogens with one attached hydrogen (secondary N) is 2. The average Bonchev–Trinajstić information content (AvgIpc) is 3.50. The Balaban J connectivity index is 1.60. The van der Waals surface area contributed by atoms with E-state index < -0.39 is 0 Å². The Labute approximate surface area is 164 Å². The van der Waals surface area contributed by atoms with E-state index in [1.807, 2.05) is 67.7 Å². The highest BCUT2D eigenvalue weighted by atomic mass is 16.1. The predicted molar refractivity (Wildman–Crippen MR) is 111 cm³/mol. The lowest BCUT2D eigenvalue weighted by Crippen LogP contribution is -2.21. The third-order valence-corrected chi connectivity index (χ3v) is 4.96. The lowest BCUT2D eigenvalue weighted by Gasteiger charge is -2.17. The number of hydrogen-bond acceptors (Lipinski definition) is 5. The number of benzene rings is 2. The van der Waals surface area contributed by atoms with Gasteiger partial charge in [0.05, 0.1) is 11.2 Å². The average molecular weight is 370 g/mol. The van der Waals surface area contributed by atoms with Crippen LogP contribution in [0, 0.1) is 6.92 Å². The van der Waals surface area contributed by atoms with Gasteiger partial charge in [-0.1, -0.05) is 43.0 Å². The molecule has 5 nitrogen and oxygen atoms in total. The van der Waals surface area contributed by atoms with Gasteiger partial charge in [-0.15, -0.1) is 0 Å². The summed E-state index contributed by atoms with van der Waals surface area (Å²) >= 11 is 0. The summed E-state index contributed by atoms with van der Waals surface area (Å²) in [6, 6.07) is 17.6. The van der Waals surface area contributed by atoms with E-state index in [2.05, 4.69) is 22.2 Å². The Bertz CT molecular complexity index is 1030. The molecule has 1 aliphatic heterocycles. The summed E-state index contributed by atoms with van der Waals surface area (Å²) < 4.78 is 0. The van der Waals surface area contributed by atoms with Crippen molar-refractivity contribution in [2.75, 3.05) is 11.9 Å². The molecule has 5 heteroatoms. The fraction of sp³-hybridized carbons (Fsp3) is 0.174. The summed E-state index contributed by atoms with van der Waals surface area (Å²) in [5.74, 6) is 0.516. The van der Waals surface area contributed by atoms with Crippen LogP contribution >= 0.6 is 0 Å². The van der Waals surface area contributed by atoms with E-state index in [-0.39, 0.29) is 11.3 Å². The molecule has 0 saturated carbocycles. The molecule has 2 N–H and O–H groups in total. The monoisotopic (exact) mass is 370 g/mol. The molecule has 3 aromatic rings. The first-order valence-electron chi connectivity index (χ1n) is 9.27. The fourth-order valence-corrected chi connectivity index (χ4v) is 3.42. The number of carbonyl (C=O) groups excluding carboxylic acids is 1. The standard InChI is InChI=1S/C23H22N4O/c1-3-20(28)18-9-7-8-17(12-18)13-23(15-25-23)21-16(2)14-24-22(27-21)26-19-10-5-4-6-11-19/h3-12,14,25H,1,13,15H2,2H3,(H,24,26,27). The van der Waals surface area contributed by atoms with Crippen LogP contribution in [0.2, 0.25) is 0 Å². The number of hydrogen-bond donors (Lipinski definition) is 2. The minimum absolute atomic E-state index is 0.0628. The van der Waals surface area contributed by atoms with Crippen LogP contribution in [0.15, 0.2) is 73.4 Å². The first-order valence-corrected chi connectivity index (χ1v) is 9.27. The van der Waals surface area contributed by atoms with Gasteiger partial charge in [-0.3, -0.25) is 4.79 Å². The zero-order chi connectivity index (χ0) is 19.6. The lowest BCUT2D eigenvalue weighted by molar-refractivity contribution is 0.104. The van der Waals surface area contributed by atoms with Crippen molar-refractivity contribution in [3.05, 3.63) is 95.8 Å². The van der Waals surface area contributed by atoms with Gasteiger partial charge in [0.1, 0.15) is 0 Å². The van der Waals surface area contributed by atoms with E-state index in [4.69, 9.17) is 4.98 Å². The topological polar surface area (TPSA) is 76.8 Å². The van der Waals surface area contributed by atoms with Gasteiger partial charge in [0, 0.05) is 24.0 Å². The Hall–Kier alpha value is -3.31. The highest BCUT2D eigenvalue weighted by molar-refractivity contribution is 6.04. The second-order valence-electron chi connectivity index (χ2n) is 7.10. The van der Waals surface area contributed by atoms with Crippen LogP contribution in [-0.4, -0.2) is 22.3 Å². The molecule has 1 atom stereocenters. The Morgan fingerprint density at radius 3 is 2.75 bits per heavy atom. The van der Waals surface area contributed by atoms with Gasteiger partial charge in [0.15, 0.2) is 5.78 Å². The molecule has 0 bridgehead atoms. The maximum absolute atomic E-state index is 11.9. The van der Waals surface area contributed by atoms with Gasteiger partial charge < -0.3 is 10.6 Å². The summed E-state index contributed by atoms with van der Waals surface area (Å²) in [4.78, 5) is 21.2. The van der Waals surface area contributed by atoms with Crippen molar-refractivity contribution in [2.45, 2.75) is 18.9 Å². The van der Waals surface area contributed by atoms with Crippen molar-refractivity contribution in [2.24, 2.45) is 0 Å². The predicted octanol–water partition coefficient (Wildman–Crippen LogP) is 3.94. The zero-order valence-corrected chi connectivity index (χ0v) is 15.8. The molecule has 2 aromatic carbocycles. The minimum atomic E-state index is -0.226. The maximum Gasteiger partial charge on any atom is 0.227 e. The summed E-state index contributed by atoms with van der Waals surface area (Å²) in [6.45, 7) is 6.44. The molecule has 0 radical (unpaired) electrons. The Morgan fingerprint density at radius 1 is 1.25 bits per heavy atom. The molecule has 1 aliphatic rings. The number of anilines is 2. The normalized spacial score (nSPS) is 17.8. The molecular weight excluding hydrogens is 348 g/mol. The molecule has 0 amide bonds. The van der Waals surface area contributed by atoms with Gasteiger partial charge in [-0.05, 0) is 48.7 Å². The molecule has 140 valence electrons. The first-order chi connectivity index (χ1) is 13.6. The molecule has 0 aliphatic carbocycles. The Kier molecular flexibility index (Phi) is 4.75. The number of allylic oxidation sites excluding steroid dienone is 1. The summed E-state index contributed by atoms with van der Waals surface area (Å²) in [5.41, 5.74) is 4.51. The van der Waals surface area contributed by atoms with E-state index in [9.17, 15) is 4.79 Å². The SMILES string of the molecule is C=CC(=O)c1cccc(CC2(c3nc(Nc4ccccc4)ncc3C)CN2)c1. The number of ketones is 1. The second kappa shape index (κ2) is 7.37. The van der Waals surface area contributed by atoms with E-state index in [1.54, 1.807) is 0 Å². The number of para-hydroxylation sites is 1. The zero-order valence-electron chi connectivity index (χ0n) is 15.8. The molecule has 4 rings (SSSR count). The van der Waals surface area contributed by atoms with Crippen molar-refractivity contribution >= 4 is 17.4 Å². The maximum atomic E-state index is 11.9. The summed E-state index contributed by atoms with van der Waals surface area (Å²) in [6.07, 6.45) is 3.96. The molecule has 28 heavy (non-hydrogen) atoms. The first kappa shape index (κ1) is 18.1. The van der Waals surface area contributed by atoms with E-state index in [0.717, 1.165) is 35.5 Å². The quantitative estimate of drug-likeness (QED) is 0.374. The molecule has 1 fully saturated rings. The van der Waals surface area contributed by atoms with Crippen LogP contribution in [0.3, 0.4) is 0 Å². The van der Waals surface area contributed by atoms with Crippen LogP contribution in [-0.2, 0) is 12.0 Å². The van der Waals surface area contributed by atoms with Crippen molar-refractivity contribution in [1.29, 1.82) is 0 Å². The summed E-state index contributed by atoms with van der Waals surface area (Å²) in [7, 11) is 0. The van der Waals surface area contributed by atoms with Crippen molar-refractivity contribution in [3.8, 4) is 0 Å². The molecular formula is C23H22N4O. The number of rotatable bonds is 7. The number of aromatic nitrogens is 2. The van der Waals surface area contributed by atoms with Crippen molar-refractivity contribution in [1.82, 2.24) is 15.3 Å². The van der Waals surface area contributed by atoms with Gasteiger partial charge in [0.2, 0.25) is 5.95 Å². The highest BCUT2D eigenvalue weighted by Gasteiger charge is 2.46. The third kappa shape index (κ3) is 3.70. The van der Waals surface area contributed by atoms with Crippen LogP contribution in [0.1, 0.15) is 27.2 Å². The van der Waals surface area contributed by atoms with E-state index >= 15 is 0 Å². The number of aryl methyl sites for hydroxylation is 1. The largest absolute Gasteiger partial charge is 0.324 e. The molecule has 1 saturated heterocycles. The van der Waals surface area contributed by atoms with Gasteiger partial charge >= 0.3 is 0 Å². The third-order valence-electron chi connectivity index (χ3n) is 4.96. The van der Waals surface area contributed by atoms with Crippen molar-refractivity contribution in [3.63, 3.8) is 0 Å². The molecule has 1 unspecified atom stereocenters. The fourth-order valence-electron chi connectivity index (χ4n) is 3.42. The van der Waals surface area contributed by atoms with Crippen LogP contribution in [0.5, 0.6) is 0 Å². The van der Waals surface area contributed by atoms with E-state index in [1.165, 1.54) is 6.08 Å². The number of nitrogens with zero attached hydrogens (tertiary/aromatic N) is 2. The minimum Gasteiger partial charge on any atom is -0.324 e. The van der Waals surface area contributed by atoms with Crippen molar-refractivity contribution < 1.29 is 4.79 Å². The molecule has 0 spiro atoms. The molecule has 1 aromatic heterocycles. The smallest absolute Gasteiger partial charge is 0.227 e. The number of carbonyl (C=O) groups is 1. The van der Waals surface area contributed by atoms with Gasteiger partial charge in [-0.25, -0.2) is 9.97 Å². The van der Waals surface area contributed by atoms with Crippen LogP contribution in [0.25, 0.3) is 0 Å². The summed E-state index contributed by atoms with van der Waals surface area (Å²) in [5, 5.41) is 6.75. The Morgan fingerprint density at radius 2 is 2.04 bits per heavy atom. The highest BCUT2D eigenvalue weighted by Crippen LogP contribution is 2.36. The second-order valence-corrected chi connectivity index (χ2v) is 7.10. The van der Waals surface area contributed by atoms with E-state index in [0.29, 0.717) is 11.5 Å². The van der Waals surface area contributed by atoms with Crippen LogP contribution in [0.4, 0.5) is 11.6 Å². The lowest BCUT2D eigenvalue weighted by atomic mass is 9.92.